The molecule has 1 saturated heterocycles. The highest BCUT2D eigenvalue weighted by Crippen LogP contribution is 2.28. The molecule has 2 aromatic rings. The van der Waals surface area contributed by atoms with Crippen LogP contribution >= 0.6 is 0 Å². The van der Waals surface area contributed by atoms with Gasteiger partial charge in [-0.2, -0.15) is 4.98 Å². The topological polar surface area (TPSA) is 64.2 Å². The smallest absolute Gasteiger partial charge is 0.255 e. The van der Waals surface area contributed by atoms with Gasteiger partial charge in [-0.05, 0) is 46.6 Å². The van der Waals surface area contributed by atoms with Crippen LogP contribution in [0.15, 0.2) is 10.6 Å². The standard InChI is InChI=1S/C17H24N4O2/c1-5-21-11(2)10-15(12(21)3)17(22)20-8-6-14(7-9-20)16-18-13(4)19-23-16/h10,14H,5-9H2,1-4H3. The maximum atomic E-state index is 12.8. The number of piperidine rings is 1. The molecular weight excluding hydrogens is 292 g/mol. The van der Waals surface area contributed by atoms with Gasteiger partial charge >= 0.3 is 0 Å². The van der Waals surface area contributed by atoms with Gasteiger partial charge in [0.1, 0.15) is 0 Å². The van der Waals surface area contributed by atoms with Gasteiger partial charge in [-0.15, -0.1) is 0 Å². The minimum absolute atomic E-state index is 0.137. The Bertz CT molecular complexity index is 708. The van der Waals surface area contributed by atoms with Crippen molar-refractivity contribution in [3.8, 4) is 0 Å². The van der Waals surface area contributed by atoms with Gasteiger partial charge in [0.05, 0.1) is 5.56 Å². The van der Waals surface area contributed by atoms with Crippen molar-refractivity contribution < 1.29 is 9.32 Å². The van der Waals surface area contributed by atoms with E-state index in [1.54, 1.807) is 0 Å². The summed E-state index contributed by atoms with van der Waals surface area (Å²) in [6.45, 7) is 10.4. The summed E-state index contributed by atoms with van der Waals surface area (Å²) >= 11 is 0. The summed E-state index contributed by atoms with van der Waals surface area (Å²) in [4.78, 5) is 19.1. The van der Waals surface area contributed by atoms with Gasteiger partial charge < -0.3 is 14.0 Å². The summed E-state index contributed by atoms with van der Waals surface area (Å²) < 4.78 is 7.45. The highest BCUT2D eigenvalue weighted by Gasteiger charge is 2.29. The molecule has 3 heterocycles. The van der Waals surface area contributed by atoms with Crippen molar-refractivity contribution in [3.63, 3.8) is 0 Å². The molecule has 0 aliphatic carbocycles. The van der Waals surface area contributed by atoms with Gasteiger partial charge in [0, 0.05) is 36.9 Å². The van der Waals surface area contributed by atoms with E-state index in [0.29, 0.717) is 11.7 Å². The predicted molar refractivity (Wildman–Crippen MR) is 86.5 cm³/mol. The second kappa shape index (κ2) is 6.18. The Hall–Kier alpha value is -2.11. The lowest BCUT2D eigenvalue weighted by atomic mass is 9.96. The molecule has 3 rings (SSSR count). The van der Waals surface area contributed by atoms with Gasteiger partial charge in [-0.3, -0.25) is 4.79 Å². The lowest BCUT2D eigenvalue weighted by Crippen LogP contribution is -2.38. The van der Waals surface area contributed by atoms with Crippen molar-refractivity contribution in [2.45, 2.75) is 53.0 Å². The summed E-state index contributed by atoms with van der Waals surface area (Å²) in [5.74, 6) is 1.78. The second-order valence-corrected chi connectivity index (χ2v) is 6.28. The zero-order chi connectivity index (χ0) is 16.6. The average molecular weight is 316 g/mol. The van der Waals surface area contributed by atoms with Crippen molar-refractivity contribution in [2.75, 3.05) is 13.1 Å². The molecule has 2 aromatic heterocycles. The first-order valence-electron chi connectivity index (χ1n) is 8.27. The lowest BCUT2D eigenvalue weighted by Gasteiger charge is -2.30. The molecule has 6 nitrogen and oxygen atoms in total. The van der Waals surface area contributed by atoms with Crippen LogP contribution in [0.5, 0.6) is 0 Å². The second-order valence-electron chi connectivity index (χ2n) is 6.28. The molecule has 1 fully saturated rings. The molecule has 0 spiro atoms. The Morgan fingerprint density at radius 1 is 1.30 bits per heavy atom. The maximum Gasteiger partial charge on any atom is 0.255 e. The highest BCUT2D eigenvalue weighted by molar-refractivity contribution is 5.95. The first-order valence-corrected chi connectivity index (χ1v) is 8.27. The fourth-order valence-corrected chi connectivity index (χ4v) is 3.48. The van der Waals surface area contributed by atoms with Crippen molar-refractivity contribution in [2.24, 2.45) is 0 Å². The third-order valence-electron chi connectivity index (χ3n) is 4.79. The first kappa shape index (κ1) is 15.8. The van der Waals surface area contributed by atoms with Crippen molar-refractivity contribution >= 4 is 5.91 Å². The minimum atomic E-state index is 0.137. The Morgan fingerprint density at radius 2 is 2.00 bits per heavy atom. The number of amides is 1. The van der Waals surface area contributed by atoms with Crippen LogP contribution in [0.4, 0.5) is 0 Å². The largest absolute Gasteiger partial charge is 0.349 e. The fourth-order valence-electron chi connectivity index (χ4n) is 3.48. The van der Waals surface area contributed by atoms with Crippen molar-refractivity contribution in [1.82, 2.24) is 19.6 Å². The number of carbonyl (C=O) groups is 1. The molecule has 0 atom stereocenters. The van der Waals surface area contributed by atoms with Crippen LogP contribution in [0.1, 0.15) is 59.1 Å². The third kappa shape index (κ3) is 2.90. The molecule has 23 heavy (non-hydrogen) atoms. The van der Waals surface area contributed by atoms with Gasteiger partial charge in [-0.1, -0.05) is 5.16 Å². The van der Waals surface area contributed by atoms with Crippen LogP contribution in [-0.2, 0) is 6.54 Å². The highest BCUT2D eigenvalue weighted by atomic mass is 16.5. The van der Waals surface area contributed by atoms with E-state index in [-0.39, 0.29) is 11.8 Å². The fraction of sp³-hybridized carbons (Fsp3) is 0.588. The van der Waals surface area contributed by atoms with E-state index in [2.05, 4.69) is 28.6 Å². The van der Waals surface area contributed by atoms with Crippen LogP contribution < -0.4 is 0 Å². The summed E-state index contributed by atoms with van der Waals surface area (Å²) in [7, 11) is 0. The zero-order valence-electron chi connectivity index (χ0n) is 14.3. The number of nitrogens with zero attached hydrogens (tertiary/aromatic N) is 4. The van der Waals surface area contributed by atoms with Crippen LogP contribution in [-0.4, -0.2) is 38.6 Å². The van der Waals surface area contributed by atoms with E-state index < -0.39 is 0 Å². The van der Waals surface area contributed by atoms with E-state index in [1.165, 1.54) is 0 Å². The van der Waals surface area contributed by atoms with Crippen LogP contribution in [0.2, 0.25) is 0 Å². The number of rotatable bonds is 3. The first-order chi connectivity index (χ1) is 11.0. The number of likely N-dealkylation sites (tertiary alicyclic amines) is 1. The molecule has 0 saturated carbocycles. The molecule has 0 aromatic carbocycles. The van der Waals surface area contributed by atoms with E-state index in [0.717, 1.165) is 49.4 Å². The Morgan fingerprint density at radius 3 is 2.52 bits per heavy atom. The van der Waals surface area contributed by atoms with Crippen molar-refractivity contribution in [1.29, 1.82) is 0 Å². The SMILES string of the molecule is CCn1c(C)cc(C(=O)N2CCC(c3nc(C)no3)CC2)c1C. The summed E-state index contributed by atoms with van der Waals surface area (Å²) in [6.07, 6.45) is 1.75. The Kier molecular flexibility index (Phi) is 4.24. The number of aryl methyl sites for hydroxylation is 2. The lowest BCUT2D eigenvalue weighted by molar-refractivity contribution is 0.0703. The predicted octanol–water partition coefficient (Wildman–Crippen LogP) is 2.84. The minimum Gasteiger partial charge on any atom is -0.349 e. The third-order valence-corrected chi connectivity index (χ3v) is 4.79. The summed E-state index contributed by atoms with van der Waals surface area (Å²) in [5.41, 5.74) is 3.03. The molecule has 1 aliphatic heterocycles. The van der Waals surface area contributed by atoms with E-state index in [4.69, 9.17) is 4.52 Å². The molecule has 6 heteroatoms. The average Bonchev–Trinajstić information content (AvgIpc) is 3.10. The van der Waals surface area contributed by atoms with E-state index in [1.807, 2.05) is 24.8 Å². The number of aromatic nitrogens is 3. The molecule has 1 amide bonds. The van der Waals surface area contributed by atoms with Gasteiger partial charge in [0.2, 0.25) is 5.89 Å². The molecular formula is C17H24N4O2. The molecule has 0 unspecified atom stereocenters. The Balaban J connectivity index is 1.69. The van der Waals surface area contributed by atoms with Gasteiger partial charge in [0.15, 0.2) is 5.82 Å². The van der Waals surface area contributed by atoms with E-state index >= 15 is 0 Å². The van der Waals surface area contributed by atoms with Crippen LogP contribution in [0, 0.1) is 20.8 Å². The van der Waals surface area contributed by atoms with Gasteiger partial charge in [-0.25, -0.2) is 0 Å². The molecule has 0 bridgehead atoms. The summed E-state index contributed by atoms with van der Waals surface area (Å²) in [5, 5.41) is 3.86. The van der Waals surface area contributed by atoms with Crippen LogP contribution in [0.3, 0.4) is 0 Å². The van der Waals surface area contributed by atoms with Crippen LogP contribution in [0.25, 0.3) is 0 Å². The zero-order valence-corrected chi connectivity index (χ0v) is 14.3. The van der Waals surface area contributed by atoms with E-state index in [9.17, 15) is 4.79 Å². The number of carbonyl (C=O) groups excluding carboxylic acids is 1. The monoisotopic (exact) mass is 316 g/mol. The Labute approximate surface area is 136 Å². The molecule has 0 radical (unpaired) electrons. The number of hydrogen-bond acceptors (Lipinski definition) is 4. The summed E-state index contributed by atoms with van der Waals surface area (Å²) in [6, 6.07) is 2.01. The maximum absolute atomic E-state index is 12.8. The number of hydrogen-bond donors (Lipinski definition) is 0. The molecule has 0 N–H and O–H groups in total. The quantitative estimate of drug-likeness (QED) is 0.873. The van der Waals surface area contributed by atoms with Gasteiger partial charge in [0.25, 0.3) is 5.91 Å². The molecule has 1 aliphatic rings. The van der Waals surface area contributed by atoms with Crippen molar-refractivity contribution in [3.05, 3.63) is 34.7 Å². The molecule has 124 valence electrons. The normalized spacial score (nSPS) is 16.1.